The fraction of sp³-hybridized carbons (Fsp3) is 0.611. The van der Waals surface area contributed by atoms with E-state index in [2.05, 4.69) is 25.7 Å². The monoisotopic (exact) mass is 372 g/mol. The van der Waals surface area contributed by atoms with Crippen molar-refractivity contribution in [1.82, 2.24) is 30.6 Å². The number of nitrogens with zero attached hydrogens (tertiary/aromatic N) is 4. The Hall–Kier alpha value is -2.71. The first-order chi connectivity index (χ1) is 12.9. The van der Waals surface area contributed by atoms with Gasteiger partial charge in [-0.1, -0.05) is 19.0 Å². The molecule has 2 fully saturated rings. The predicted octanol–water partition coefficient (Wildman–Crippen LogP) is 1.05. The van der Waals surface area contributed by atoms with Crippen LogP contribution < -0.4 is 5.32 Å². The smallest absolute Gasteiger partial charge is 0.269 e. The Bertz CT molecular complexity index is 845. The van der Waals surface area contributed by atoms with E-state index < -0.39 is 5.41 Å². The maximum atomic E-state index is 12.5. The third kappa shape index (κ3) is 3.00. The number of carbonyl (C=O) groups is 2. The summed E-state index contributed by atoms with van der Waals surface area (Å²) in [5.74, 6) is 1.23. The van der Waals surface area contributed by atoms with Crippen LogP contribution in [-0.4, -0.2) is 56.2 Å². The molecule has 1 aliphatic heterocycles. The fourth-order valence-corrected chi connectivity index (χ4v) is 4.49. The number of aromatic nitrogens is 4. The quantitative estimate of drug-likeness (QED) is 0.828. The van der Waals surface area contributed by atoms with E-state index in [9.17, 15) is 9.59 Å². The molecule has 3 heterocycles. The maximum absolute atomic E-state index is 12.5. The summed E-state index contributed by atoms with van der Waals surface area (Å²) in [5.41, 5.74) is 0.0314. The summed E-state index contributed by atoms with van der Waals surface area (Å²) >= 11 is 0. The van der Waals surface area contributed by atoms with Gasteiger partial charge in [-0.05, 0) is 31.7 Å². The van der Waals surface area contributed by atoms with Gasteiger partial charge >= 0.3 is 0 Å². The van der Waals surface area contributed by atoms with Crippen LogP contribution in [0.25, 0.3) is 0 Å². The molecule has 0 aromatic carbocycles. The second-order valence-electron chi connectivity index (χ2n) is 7.95. The van der Waals surface area contributed by atoms with E-state index >= 15 is 0 Å². The standard InChI is InChI=1S/C18H24N6O3/c1-10(2)16(26)24-8-12-6-13(21-15(25)14-4-5-19-22-14)7-18(12,9-24)17-20-11(3)23-27-17/h4-5,10,12-13H,6-9H2,1-3H3,(H,19,22)(H,21,25)/t12-,13+,18-/m0/s1. The van der Waals surface area contributed by atoms with Crippen molar-refractivity contribution in [2.75, 3.05) is 13.1 Å². The van der Waals surface area contributed by atoms with Gasteiger partial charge < -0.3 is 14.7 Å². The number of rotatable bonds is 4. The van der Waals surface area contributed by atoms with Crippen molar-refractivity contribution in [1.29, 1.82) is 0 Å². The molecule has 3 atom stereocenters. The molecular formula is C18H24N6O3. The summed E-state index contributed by atoms with van der Waals surface area (Å²) in [4.78, 5) is 31.3. The lowest BCUT2D eigenvalue weighted by molar-refractivity contribution is -0.133. The van der Waals surface area contributed by atoms with Crippen molar-refractivity contribution in [2.45, 2.75) is 45.1 Å². The lowest BCUT2D eigenvalue weighted by atomic mass is 9.80. The molecule has 4 rings (SSSR count). The lowest BCUT2D eigenvalue weighted by Crippen LogP contribution is -2.40. The molecule has 144 valence electrons. The molecule has 0 radical (unpaired) electrons. The van der Waals surface area contributed by atoms with Crippen LogP contribution in [0.4, 0.5) is 0 Å². The molecule has 1 aliphatic carbocycles. The number of H-pyrrole nitrogens is 1. The summed E-state index contributed by atoms with van der Waals surface area (Å²) in [5, 5.41) is 13.5. The first-order valence-corrected chi connectivity index (χ1v) is 9.29. The fourth-order valence-electron chi connectivity index (χ4n) is 4.49. The van der Waals surface area contributed by atoms with E-state index in [0.717, 1.165) is 6.42 Å². The number of aromatic amines is 1. The Morgan fingerprint density at radius 3 is 2.89 bits per heavy atom. The van der Waals surface area contributed by atoms with Crippen molar-refractivity contribution in [3.63, 3.8) is 0 Å². The summed E-state index contributed by atoms with van der Waals surface area (Å²) in [6.45, 7) is 6.81. The van der Waals surface area contributed by atoms with E-state index in [1.165, 1.54) is 0 Å². The molecule has 2 N–H and O–H groups in total. The van der Waals surface area contributed by atoms with Gasteiger partial charge in [-0.15, -0.1) is 0 Å². The highest BCUT2D eigenvalue weighted by Crippen LogP contribution is 2.50. The molecule has 2 aromatic heterocycles. The first-order valence-electron chi connectivity index (χ1n) is 9.29. The Morgan fingerprint density at radius 2 is 2.26 bits per heavy atom. The number of likely N-dealkylation sites (tertiary alicyclic amines) is 1. The van der Waals surface area contributed by atoms with Crippen LogP contribution in [0.2, 0.25) is 0 Å². The van der Waals surface area contributed by atoms with Crippen LogP contribution in [0, 0.1) is 18.8 Å². The molecule has 9 nitrogen and oxygen atoms in total. The average Bonchev–Trinajstić information content (AvgIpc) is 3.36. The van der Waals surface area contributed by atoms with E-state index in [-0.39, 0.29) is 29.7 Å². The molecule has 0 spiro atoms. The predicted molar refractivity (Wildman–Crippen MR) is 94.7 cm³/mol. The minimum absolute atomic E-state index is 0.0192. The molecule has 0 unspecified atom stereocenters. The minimum atomic E-state index is -0.405. The summed E-state index contributed by atoms with van der Waals surface area (Å²) in [6, 6.07) is 1.62. The van der Waals surface area contributed by atoms with Crippen LogP contribution in [-0.2, 0) is 10.2 Å². The number of hydrogen-bond donors (Lipinski definition) is 2. The SMILES string of the molecule is Cc1noc([C@]23C[C@H](NC(=O)c4ccn[nH]4)C[C@H]2CN(C(=O)C(C)C)C3)n1. The van der Waals surface area contributed by atoms with E-state index in [1.807, 2.05) is 18.7 Å². The molecule has 1 saturated carbocycles. The molecule has 2 aliphatic rings. The van der Waals surface area contributed by atoms with Crippen molar-refractivity contribution in [3.05, 3.63) is 29.7 Å². The van der Waals surface area contributed by atoms with E-state index in [4.69, 9.17) is 4.52 Å². The Labute approximate surface area is 156 Å². The van der Waals surface area contributed by atoms with E-state index in [0.29, 0.717) is 36.9 Å². The van der Waals surface area contributed by atoms with Gasteiger partial charge in [0.2, 0.25) is 11.8 Å². The number of amides is 2. The van der Waals surface area contributed by atoms with Gasteiger partial charge in [0.15, 0.2) is 5.82 Å². The summed E-state index contributed by atoms with van der Waals surface area (Å²) in [7, 11) is 0. The van der Waals surface area contributed by atoms with Crippen molar-refractivity contribution in [2.24, 2.45) is 11.8 Å². The van der Waals surface area contributed by atoms with Crippen molar-refractivity contribution < 1.29 is 14.1 Å². The number of fused-ring (bicyclic) bond motifs is 1. The van der Waals surface area contributed by atoms with Gasteiger partial charge in [0.25, 0.3) is 5.91 Å². The van der Waals surface area contributed by atoms with Crippen molar-refractivity contribution in [3.8, 4) is 0 Å². The highest BCUT2D eigenvalue weighted by Gasteiger charge is 2.58. The van der Waals surface area contributed by atoms with Crippen LogP contribution in [0.5, 0.6) is 0 Å². The van der Waals surface area contributed by atoms with Crippen LogP contribution in [0.15, 0.2) is 16.8 Å². The highest BCUT2D eigenvalue weighted by atomic mass is 16.5. The number of carbonyl (C=O) groups excluding carboxylic acids is 2. The zero-order valence-electron chi connectivity index (χ0n) is 15.7. The largest absolute Gasteiger partial charge is 0.348 e. The molecular weight excluding hydrogens is 348 g/mol. The zero-order valence-corrected chi connectivity index (χ0v) is 15.7. The molecule has 0 bridgehead atoms. The van der Waals surface area contributed by atoms with E-state index in [1.54, 1.807) is 19.2 Å². The number of aryl methyl sites for hydroxylation is 1. The second kappa shape index (κ2) is 6.47. The minimum Gasteiger partial charge on any atom is -0.348 e. The highest BCUT2D eigenvalue weighted by molar-refractivity contribution is 5.92. The number of nitrogens with one attached hydrogen (secondary N) is 2. The molecule has 2 amide bonds. The Kier molecular flexibility index (Phi) is 4.24. The lowest BCUT2D eigenvalue weighted by Gasteiger charge is -2.26. The zero-order chi connectivity index (χ0) is 19.2. The van der Waals surface area contributed by atoms with Gasteiger partial charge in [-0.3, -0.25) is 14.7 Å². The van der Waals surface area contributed by atoms with Gasteiger partial charge in [-0.25, -0.2) is 0 Å². The van der Waals surface area contributed by atoms with Crippen LogP contribution in [0.1, 0.15) is 48.9 Å². The molecule has 2 aromatic rings. The topological polar surface area (TPSA) is 117 Å². The van der Waals surface area contributed by atoms with Gasteiger partial charge in [0, 0.05) is 31.2 Å². The van der Waals surface area contributed by atoms with Gasteiger partial charge in [-0.2, -0.15) is 10.1 Å². The summed E-state index contributed by atoms with van der Waals surface area (Å²) in [6.07, 6.45) is 2.99. The first kappa shape index (κ1) is 17.7. The summed E-state index contributed by atoms with van der Waals surface area (Å²) < 4.78 is 5.54. The third-order valence-corrected chi connectivity index (χ3v) is 5.71. The Balaban J connectivity index is 1.57. The molecule has 9 heteroatoms. The van der Waals surface area contributed by atoms with Crippen LogP contribution >= 0.6 is 0 Å². The van der Waals surface area contributed by atoms with Crippen molar-refractivity contribution >= 4 is 11.8 Å². The maximum Gasteiger partial charge on any atom is 0.269 e. The average molecular weight is 372 g/mol. The molecule has 1 saturated heterocycles. The number of hydrogen-bond acceptors (Lipinski definition) is 6. The van der Waals surface area contributed by atoms with Gasteiger partial charge in [0.05, 0.1) is 5.41 Å². The Morgan fingerprint density at radius 1 is 1.44 bits per heavy atom. The van der Waals surface area contributed by atoms with Crippen LogP contribution in [0.3, 0.4) is 0 Å². The second-order valence-corrected chi connectivity index (χ2v) is 7.95. The molecule has 27 heavy (non-hydrogen) atoms. The normalized spacial score (nSPS) is 27.2. The van der Waals surface area contributed by atoms with Gasteiger partial charge in [0.1, 0.15) is 5.69 Å². The third-order valence-electron chi connectivity index (χ3n) is 5.71.